The molecule has 1 fully saturated rings. The van der Waals surface area contributed by atoms with Gasteiger partial charge in [-0.2, -0.15) is 4.98 Å². The topological polar surface area (TPSA) is 109 Å². The fourth-order valence-corrected chi connectivity index (χ4v) is 2.50. The molecule has 1 saturated heterocycles. The first-order valence-electron chi connectivity index (χ1n) is 6.02. The molecule has 2 aromatic rings. The average Bonchev–Trinajstić information content (AvgIpc) is 3.01. The summed E-state index contributed by atoms with van der Waals surface area (Å²) in [5.74, 6) is 0.293. The fourth-order valence-electron chi connectivity index (χ4n) is 2.27. The van der Waals surface area contributed by atoms with Crippen molar-refractivity contribution in [2.45, 2.75) is 24.9 Å². The maximum atomic E-state index is 9.80. The number of hydrogen-bond acceptors (Lipinski definition) is 7. The number of nitrogens with one attached hydrogen (secondary N) is 1. The third-order valence-electron chi connectivity index (χ3n) is 3.28. The summed E-state index contributed by atoms with van der Waals surface area (Å²) >= 11 is 5.14. The predicted octanol–water partition coefficient (Wildman–Crippen LogP) is 0.462. The molecule has 9 heteroatoms. The van der Waals surface area contributed by atoms with Crippen molar-refractivity contribution in [3.8, 4) is 0 Å². The van der Waals surface area contributed by atoms with Crippen molar-refractivity contribution in [1.29, 1.82) is 0 Å². The molecular formula is C11H13N5O3S. The van der Waals surface area contributed by atoms with Gasteiger partial charge in [0.05, 0.1) is 19.0 Å². The van der Waals surface area contributed by atoms with Crippen LogP contribution >= 0.6 is 12.2 Å². The van der Waals surface area contributed by atoms with Gasteiger partial charge in [0.2, 0.25) is 5.95 Å². The molecule has 0 amide bonds. The Labute approximate surface area is 118 Å². The zero-order valence-electron chi connectivity index (χ0n) is 10.4. The maximum Gasteiger partial charge on any atom is 0.229 e. The Morgan fingerprint density at radius 2 is 2.45 bits per heavy atom. The largest absolute Gasteiger partial charge is 0.394 e. The predicted molar refractivity (Wildman–Crippen MR) is 73.5 cm³/mol. The number of rotatable bonds is 3. The van der Waals surface area contributed by atoms with E-state index < -0.39 is 18.4 Å². The number of aromatic nitrogens is 4. The Kier molecular flexibility index (Phi) is 3.34. The summed E-state index contributed by atoms with van der Waals surface area (Å²) in [5, 5.41) is 18.9. The second kappa shape index (κ2) is 5.02. The van der Waals surface area contributed by atoms with E-state index in [0.29, 0.717) is 28.2 Å². The van der Waals surface area contributed by atoms with Crippen molar-refractivity contribution in [3.63, 3.8) is 0 Å². The van der Waals surface area contributed by atoms with E-state index in [-0.39, 0.29) is 6.61 Å². The molecular weight excluding hydrogens is 282 g/mol. The summed E-state index contributed by atoms with van der Waals surface area (Å²) < 4.78 is 7.62. The highest BCUT2D eigenvalue weighted by molar-refractivity contribution is 7.71. The number of aliphatic hydroxyl groups excluding tert-OH is 2. The first-order chi connectivity index (χ1) is 9.63. The molecule has 0 saturated carbocycles. The van der Waals surface area contributed by atoms with E-state index in [9.17, 15) is 5.11 Å². The van der Waals surface area contributed by atoms with E-state index in [4.69, 9.17) is 22.1 Å². The number of aliphatic imine (C=N–C) groups is 1. The SMILES string of the molecule is C=Nc1nc(=S)c2ncn([C@H]3C[C@@H](O)[C@@H](CO)O3)c2[nH]1. The number of aliphatic hydroxyl groups is 2. The lowest BCUT2D eigenvalue weighted by Gasteiger charge is -2.13. The van der Waals surface area contributed by atoms with Crippen molar-refractivity contribution >= 4 is 36.0 Å². The molecule has 106 valence electrons. The van der Waals surface area contributed by atoms with Crippen LogP contribution in [0, 0.1) is 4.64 Å². The van der Waals surface area contributed by atoms with Crippen LogP contribution in [0.15, 0.2) is 11.3 Å². The molecule has 1 aliphatic heterocycles. The number of hydrogen-bond donors (Lipinski definition) is 3. The van der Waals surface area contributed by atoms with Crippen LogP contribution in [-0.4, -0.2) is 55.3 Å². The molecule has 8 nitrogen and oxygen atoms in total. The number of nitrogens with zero attached hydrogens (tertiary/aromatic N) is 4. The highest BCUT2D eigenvalue weighted by atomic mass is 32.1. The number of ether oxygens (including phenoxy) is 1. The average molecular weight is 295 g/mol. The van der Waals surface area contributed by atoms with Gasteiger partial charge in [-0.25, -0.2) is 9.98 Å². The standard InChI is InChI=1S/C11H13N5O3S/c1-12-11-14-9-8(10(20)15-11)13-4-16(9)7-2-5(18)6(3-17)19-7/h4-7,17-18H,1-3H2,(H,14,15,20)/t5-,6-,7-/m1/s1. The van der Waals surface area contributed by atoms with Gasteiger partial charge in [0.1, 0.15) is 23.5 Å². The lowest BCUT2D eigenvalue weighted by Crippen LogP contribution is -2.24. The molecule has 0 radical (unpaired) electrons. The zero-order valence-corrected chi connectivity index (χ0v) is 11.2. The summed E-state index contributed by atoms with van der Waals surface area (Å²) in [5.41, 5.74) is 1.13. The van der Waals surface area contributed by atoms with E-state index in [2.05, 4.69) is 26.7 Å². The summed E-state index contributed by atoms with van der Waals surface area (Å²) in [4.78, 5) is 14.9. The maximum absolute atomic E-state index is 9.80. The van der Waals surface area contributed by atoms with Crippen LogP contribution < -0.4 is 0 Å². The smallest absolute Gasteiger partial charge is 0.229 e. The highest BCUT2D eigenvalue weighted by Gasteiger charge is 2.35. The fraction of sp³-hybridized carbons (Fsp3) is 0.455. The molecule has 2 aromatic heterocycles. The van der Waals surface area contributed by atoms with Gasteiger partial charge in [-0.05, 0) is 6.72 Å². The van der Waals surface area contributed by atoms with Crippen LogP contribution in [0.1, 0.15) is 12.6 Å². The van der Waals surface area contributed by atoms with Gasteiger partial charge in [0, 0.05) is 6.42 Å². The molecule has 0 aromatic carbocycles. The van der Waals surface area contributed by atoms with Crippen LogP contribution in [0.4, 0.5) is 5.95 Å². The molecule has 3 rings (SSSR count). The zero-order chi connectivity index (χ0) is 14.3. The van der Waals surface area contributed by atoms with E-state index in [0.717, 1.165) is 0 Å². The molecule has 0 bridgehead atoms. The summed E-state index contributed by atoms with van der Waals surface area (Å²) in [7, 11) is 0. The van der Waals surface area contributed by atoms with Gasteiger partial charge in [-0.15, -0.1) is 0 Å². The van der Waals surface area contributed by atoms with Crippen molar-refractivity contribution in [1.82, 2.24) is 19.5 Å². The molecule has 0 aliphatic carbocycles. The Bertz CT molecular complexity index is 712. The first-order valence-corrected chi connectivity index (χ1v) is 6.43. The Balaban J connectivity index is 2.07. The molecule has 0 spiro atoms. The number of fused-ring (bicyclic) bond motifs is 1. The van der Waals surface area contributed by atoms with Gasteiger partial charge in [0.25, 0.3) is 0 Å². The second-order valence-electron chi connectivity index (χ2n) is 4.49. The van der Waals surface area contributed by atoms with E-state index in [1.54, 1.807) is 10.9 Å². The minimum absolute atomic E-state index is 0.235. The monoisotopic (exact) mass is 295 g/mol. The number of imidazole rings is 1. The minimum atomic E-state index is -0.718. The summed E-state index contributed by atoms with van der Waals surface area (Å²) in [6, 6.07) is 0. The molecule has 3 atom stereocenters. The van der Waals surface area contributed by atoms with Gasteiger partial charge >= 0.3 is 0 Å². The van der Waals surface area contributed by atoms with Crippen LogP contribution in [-0.2, 0) is 4.74 Å². The van der Waals surface area contributed by atoms with Gasteiger partial charge in [-0.1, -0.05) is 12.2 Å². The van der Waals surface area contributed by atoms with Crippen molar-refractivity contribution in [2.24, 2.45) is 4.99 Å². The molecule has 3 N–H and O–H groups in total. The van der Waals surface area contributed by atoms with Crippen LogP contribution in [0.2, 0.25) is 0 Å². The molecule has 20 heavy (non-hydrogen) atoms. The van der Waals surface area contributed by atoms with Crippen molar-refractivity contribution in [2.75, 3.05) is 6.61 Å². The summed E-state index contributed by atoms with van der Waals surface area (Å²) in [6.45, 7) is 3.17. The molecule has 1 aliphatic rings. The second-order valence-corrected chi connectivity index (χ2v) is 4.87. The van der Waals surface area contributed by atoms with Crippen LogP contribution in [0.25, 0.3) is 11.2 Å². The lowest BCUT2D eigenvalue weighted by atomic mass is 10.2. The quantitative estimate of drug-likeness (QED) is 0.561. The molecule has 3 heterocycles. The highest BCUT2D eigenvalue weighted by Crippen LogP contribution is 2.30. The van der Waals surface area contributed by atoms with E-state index in [1.165, 1.54) is 0 Å². The first kappa shape index (κ1) is 13.3. The van der Waals surface area contributed by atoms with Gasteiger partial charge in [0.15, 0.2) is 4.64 Å². The third kappa shape index (κ3) is 2.04. The Morgan fingerprint density at radius 3 is 3.10 bits per heavy atom. The lowest BCUT2D eigenvalue weighted by molar-refractivity contribution is -0.0432. The Morgan fingerprint density at radius 1 is 1.65 bits per heavy atom. The van der Waals surface area contributed by atoms with Gasteiger partial charge < -0.3 is 19.9 Å². The van der Waals surface area contributed by atoms with Crippen LogP contribution in [0.3, 0.4) is 0 Å². The Hall–Kier alpha value is -1.68. The van der Waals surface area contributed by atoms with Crippen molar-refractivity contribution < 1.29 is 14.9 Å². The van der Waals surface area contributed by atoms with Crippen molar-refractivity contribution in [3.05, 3.63) is 11.0 Å². The minimum Gasteiger partial charge on any atom is -0.394 e. The van der Waals surface area contributed by atoms with E-state index >= 15 is 0 Å². The molecule has 0 unspecified atom stereocenters. The van der Waals surface area contributed by atoms with Crippen LogP contribution in [0.5, 0.6) is 0 Å². The normalized spacial score (nSPS) is 26.2. The van der Waals surface area contributed by atoms with E-state index in [1.807, 2.05) is 0 Å². The summed E-state index contributed by atoms with van der Waals surface area (Å²) in [6.07, 6.45) is 0.167. The third-order valence-corrected chi connectivity index (χ3v) is 3.56. The number of aromatic amines is 1. The van der Waals surface area contributed by atoms with Gasteiger partial charge in [-0.3, -0.25) is 4.57 Å². The number of H-pyrrole nitrogens is 1.